The average Bonchev–Trinajstić information content (AvgIpc) is 2.24. The third kappa shape index (κ3) is 3.56. The Labute approximate surface area is 118 Å². The molecular weight excluding hydrogens is 256 g/mol. The van der Waals surface area contributed by atoms with E-state index in [0.29, 0.717) is 5.56 Å². The number of rotatable bonds is 3. The second-order valence-corrected chi connectivity index (χ2v) is 6.02. The van der Waals surface area contributed by atoms with E-state index in [2.05, 4.69) is 10.3 Å². The Balaban J connectivity index is 2.11. The lowest BCUT2D eigenvalue weighted by atomic mass is 9.80. The Hall–Kier alpha value is -1.91. The minimum atomic E-state index is -0.598. The van der Waals surface area contributed by atoms with Gasteiger partial charge in [0.1, 0.15) is 11.4 Å². The molecule has 0 unspecified atom stereocenters. The molecular formula is C15H20N2O3. The number of pyridine rings is 1. The first kappa shape index (κ1) is 14.5. The topological polar surface area (TPSA) is 68.3 Å². The highest BCUT2D eigenvalue weighted by molar-refractivity contribution is 6.04. The van der Waals surface area contributed by atoms with Crippen LogP contribution in [-0.4, -0.2) is 22.5 Å². The first-order valence-corrected chi connectivity index (χ1v) is 6.86. The van der Waals surface area contributed by atoms with E-state index in [1.807, 2.05) is 0 Å². The Morgan fingerprint density at radius 2 is 2.05 bits per heavy atom. The lowest BCUT2D eigenvalue weighted by Gasteiger charge is -2.25. The van der Waals surface area contributed by atoms with Crippen molar-refractivity contribution in [1.29, 1.82) is 0 Å². The molecule has 1 aromatic heterocycles. The Bertz CT molecular complexity index is 516. The summed E-state index contributed by atoms with van der Waals surface area (Å²) in [5.41, 5.74) is -0.125. The van der Waals surface area contributed by atoms with Crippen LogP contribution in [-0.2, 0) is 4.74 Å². The number of hydrogen-bond acceptors (Lipinski definition) is 4. The molecule has 1 aliphatic rings. The van der Waals surface area contributed by atoms with E-state index >= 15 is 0 Å². The molecule has 1 aromatic rings. The average molecular weight is 276 g/mol. The van der Waals surface area contributed by atoms with Crippen LogP contribution in [0.2, 0.25) is 0 Å². The van der Waals surface area contributed by atoms with Gasteiger partial charge in [-0.05, 0) is 45.7 Å². The van der Waals surface area contributed by atoms with Crippen molar-refractivity contribution in [2.24, 2.45) is 5.92 Å². The zero-order valence-electron chi connectivity index (χ0n) is 12.1. The third-order valence-corrected chi connectivity index (χ3v) is 3.17. The van der Waals surface area contributed by atoms with Crippen LogP contribution in [0.3, 0.4) is 0 Å². The van der Waals surface area contributed by atoms with Gasteiger partial charge < -0.3 is 4.74 Å². The molecule has 0 bridgehead atoms. The number of nitrogens with zero attached hydrogens (tertiary/aromatic N) is 1. The molecule has 108 valence electrons. The molecule has 0 aromatic carbocycles. The van der Waals surface area contributed by atoms with Gasteiger partial charge in [-0.15, -0.1) is 0 Å². The van der Waals surface area contributed by atoms with Crippen molar-refractivity contribution in [3.8, 4) is 0 Å². The van der Waals surface area contributed by atoms with Gasteiger partial charge in [-0.3, -0.25) is 10.1 Å². The first-order chi connectivity index (χ1) is 9.37. The summed E-state index contributed by atoms with van der Waals surface area (Å²) < 4.78 is 5.18. The van der Waals surface area contributed by atoms with Crippen LogP contribution in [0.1, 0.15) is 50.4 Å². The summed E-state index contributed by atoms with van der Waals surface area (Å²) in [6.45, 7) is 5.35. The molecule has 0 aliphatic heterocycles. The van der Waals surface area contributed by atoms with Crippen LogP contribution < -0.4 is 5.32 Å². The second kappa shape index (κ2) is 5.61. The lowest BCUT2D eigenvalue weighted by molar-refractivity contribution is 0.0635. The Morgan fingerprint density at radius 1 is 1.35 bits per heavy atom. The third-order valence-electron chi connectivity index (χ3n) is 3.17. The summed E-state index contributed by atoms with van der Waals surface area (Å²) in [6.07, 6.45) is 3.87. The number of hydrogen-bond donors (Lipinski definition) is 1. The van der Waals surface area contributed by atoms with E-state index in [0.717, 1.165) is 19.3 Å². The van der Waals surface area contributed by atoms with Gasteiger partial charge >= 0.3 is 6.09 Å². The molecule has 1 saturated carbocycles. The fraction of sp³-hybridized carbons (Fsp3) is 0.533. The maximum absolute atomic E-state index is 12.3. The molecule has 5 heteroatoms. The Kier molecular flexibility index (Phi) is 4.06. The van der Waals surface area contributed by atoms with Crippen LogP contribution in [0.5, 0.6) is 0 Å². The van der Waals surface area contributed by atoms with Crippen LogP contribution in [0.15, 0.2) is 18.3 Å². The molecule has 1 fully saturated rings. The van der Waals surface area contributed by atoms with Gasteiger partial charge in [-0.25, -0.2) is 9.78 Å². The number of amides is 1. The second-order valence-electron chi connectivity index (χ2n) is 6.02. The summed E-state index contributed by atoms with van der Waals surface area (Å²) in [6, 6.07) is 3.40. The van der Waals surface area contributed by atoms with Gasteiger partial charge in [0, 0.05) is 12.1 Å². The standard InChI is InChI=1S/C15H20N2O3/c1-15(2,3)20-14(19)17-13-11(8-5-9-16-13)12(18)10-6-4-7-10/h5,8-10H,4,6-7H2,1-3H3,(H,16,17,19). The largest absolute Gasteiger partial charge is 0.444 e. The maximum atomic E-state index is 12.3. The summed E-state index contributed by atoms with van der Waals surface area (Å²) in [7, 11) is 0. The predicted molar refractivity (Wildman–Crippen MR) is 75.8 cm³/mol. The summed E-state index contributed by atoms with van der Waals surface area (Å²) >= 11 is 0. The zero-order valence-corrected chi connectivity index (χ0v) is 12.1. The van der Waals surface area contributed by atoms with Crippen LogP contribution in [0, 0.1) is 5.92 Å². The number of carbonyl (C=O) groups is 2. The summed E-state index contributed by atoms with van der Waals surface area (Å²) in [4.78, 5) is 28.1. The quantitative estimate of drug-likeness (QED) is 0.859. The van der Waals surface area contributed by atoms with Crippen molar-refractivity contribution >= 4 is 17.7 Å². The highest BCUT2D eigenvalue weighted by Crippen LogP contribution is 2.31. The molecule has 0 spiro atoms. The van der Waals surface area contributed by atoms with Crippen molar-refractivity contribution in [3.63, 3.8) is 0 Å². The number of aromatic nitrogens is 1. The fourth-order valence-corrected chi connectivity index (χ4v) is 1.99. The molecule has 1 N–H and O–H groups in total. The van der Waals surface area contributed by atoms with Gasteiger partial charge in [-0.1, -0.05) is 6.42 Å². The van der Waals surface area contributed by atoms with Crippen LogP contribution in [0.25, 0.3) is 0 Å². The number of anilines is 1. The highest BCUT2D eigenvalue weighted by Gasteiger charge is 2.28. The summed E-state index contributed by atoms with van der Waals surface area (Å²) in [5, 5.41) is 2.56. The first-order valence-electron chi connectivity index (χ1n) is 6.86. The maximum Gasteiger partial charge on any atom is 0.413 e. The SMILES string of the molecule is CC(C)(C)OC(=O)Nc1ncccc1C(=O)C1CCC1. The van der Waals surface area contributed by atoms with Gasteiger partial charge in [0.2, 0.25) is 0 Å². The smallest absolute Gasteiger partial charge is 0.413 e. The molecule has 5 nitrogen and oxygen atoms in total. The minimum Gasteiger partial charge on any atom is -0.444 e. The monoisotopic (exact) mass is 276 g/mol. The molecule has 1 heterocycles. The van der Waals surface area contributed by atoms with E-state index < -0.39 is 11.7 Å². The van der Waals surface area contributed by atoms with Crippen molar-refractivity contribution in [2.75, 3.05) is 5.32 Å². The molecule has 1 amide bonds. The van der Waals surface area contributed by atoms with E-state index in [4.69, 9.17) is 4.74 Å². The normalized spacial score (nSPS) is 15.3. The number of Topliss-reactive ketones (excluding diaryl/α,β-unsaturated/α-hetero) is 1. The summed E-state index contributed by atoms with van der Waals surface area (Å²) in [5.74, 6) is 0.396. The van der Waals surface area contributed by atoms with E-state index in [1.165, 1.54) is 0 Å². The molecule has 1 aliphatic carbocycles. The van der Waals surface area contributed by atoms with Gasteiger partial charge in [0.05, 0.1) is 5.56 Å². The molecule has 0 atom stereocenters. The lowest BCUT2D eigenvalue weighted by Crippen LogP contribution is -2.29. The van der Waals surface area contributed by atoms with Gasteiger partial charge in [-0.2, -0.15) is 0 Å². The predicted octanol–water partition coefficient (Wildman–Crippen LogP) is 3.41. The minimum absolute atomic E-state index is 0.0513. The molecule has 0 radical (unpaired) electrons. The number of nitrogens with one attached hydrogen (secondary N) is 1. The van der Waals surface area contributed by atoms with E-state index in [-0.39, 0.29) is 17.5 Å². The molecule has 0 saturated heterocycles. The number of ketones is 1. The Morgan fingerprint density at radius 3 is 2.60 bits per heavy atom. The van der Waals surface area contributed by atoms with Crippen LogP contribution in [0.4, 0.5) is 10.6 Å². The van der Waals surface area contributed by atoms with E-state index in [1.54, 1.807) is 39.1 Å². The van der Waals surface area contributed by atoms with Gasteiger partial charge in [0.25, 0.3) is 0 Å². The fourth-order valence-electron chi connectivity index (χ4n) is 1.99. The highest BCUT2D eigenvalue weighted by atomic mass is 16.6. The van der Waals surface area contributed by atoms with E-state index in [9.17, 15) is 9.59 Å². The van der Waals surface area contributed by atoms with Crippen molar-refractivity contribution in [2.45, 2.75) is 45.6 Å². The van der Waals surface area contributed by atoms with Crippen molar-refractivity contribution in [3.05, 3.63) is 23.9 Å². The molecule has 20 heavy (non-hydrogen) atoms. The van der Waals surface area contributed by atoms with Gasteiger partial charge in [0.15, 0.2) is 5.78 Å². The number of carbonyl (C=O) groups excluding carboxylic acids is 2. The molecule has 2 rings (SSSR count). The van der Waals surface area contributed by atoms with Crippen molar-refractivity contribution in [1.82, 2.24) is 4.98 Å². The van der Waals surface area contributed by atoms with Crippen LogP contribution >= 0.6 is 0 Å². The number of ether oxygens (including phenoxy) is 1. The zero-order chi connectivity index (χ0) is 14.8. The van der Waals surface area contributed by atoms with Crippen molar-refractivity contribution < 1.29 is 14.3 Å².